The predicted octanol–water partition coefficient (Wildman–Crippen LogP) is 2.16. The van der Waals surface area contributed by atoms with E-state index >= 15 is 0 Å². The molecular formula is C14H28N2O. The Labute approximate surface area is 106 Å². The van der Waals surface area contributed by atoms with Gasteiger partial charge >= 0.3 is 0 Å². The summed E-state index contributed by atoms with van der Waals surface area (Å²) < 4.78 is 0. The van der Waals surface area contributed by atoms with E-state index in [0.717, 1.165) is 12.8 Å². The molecule has 3 heteroatoms. The average Bonchev–Trinajstić information content (AvgIpc) is 2.46. The number of carbonyl (C=O) groups is 1. The van der Waals surface area contributed by atoms with Gasteiger partial charge in [0.15, 0.2) is 0 Å². The Hall–Kier alpha value is -0.410. The average molecular weight is 240 g/mol. The fourth-order valence-corrected chi connectivity index (χ4v) is 2.66. The fourth-order valence-electron chi connectivity index (χ4n) is 2.66. The molecule has 0 aromatic rings. The van der Waals surface area contributed by atoms with E-state index in [-0.39, 0.29) is 0 Å². The quantitative estimate of drug-likeness (QED) is 0.665. The Kier molecular flexibility index (Phi) is 6.75. The van der Waals surface area contributed by atoms with Gasteiger partial charge in [-0.3, -0.25) is 4.90 Å². The van der Waals surface area contributed by atoms with Crippen LogP contribution in [0.5, 0.6) is 0 Å². The van der Waals surface area contributed by atoms with E-state index in [1.165, 1.54) is 45.4 Å². The first-order valence-electron chi connectivity index (χ1n) is 7.05. The third-order valence-electron chi connectivity index (χ3n) is 3.72. The van der Waals surface area contributed by atoms with E-state index in [2.05, 4.69) is 23.8 Å². The lowest BCUT2D eigenvalue weighted by Gasteiger charge is -2.30. The van der Waals surface area contributed by atoms with Gasteiger partial charge in [0.25, 0.3) is 0 Å². The van der Waals surface area contributed by atoms with Gasteiger partial charge in [0, 0.05) is 19.0 Å². The van der Waals surface area contributed by atoms with E-state index in [1.54, 1.807) is 6.92 Å². The second-order valence-corrected chi connectivity index (χ2v) is 5.37. The van der Waals surface area contributed by atoms with Crippen molar-refractivity contribution < 1.29 is 4.79 Å². The molecule has 0 spiro atoms. The molecule has 1 aliphatic rings. The molecule has 0 amide bonds. The second kappa shape index (κ2) is 7.83. The normalized spacial score (nSPS) is 23.6. The van der Waals surface area contributed by atoms with Crippen LogP contribution >= 0.6 is 0 Å². The predicted molar refractivity (Wildman–Crippen MR) is 72.3 cm³/mol. The first-order valence-corrected chi connectivity index (χ1v) is 7.05. The van der Waals surface area contributed by atoms with Crippen molar-refractivity contribution in [3.8, 4) is 0 Å². The number of hydrogen-bond donors (Lipinski definition) is 0. The van der Waals surface area contributed by atoms with Crippen LogP contribution < -0.4 is 0 Å². The number of nitrogens with zero attached hydrogens (tertiary/aromatic N) is 2. The number of Topliss-reactive ketones (excluding diaryl/α,β-unsaturated/α-hetero) is 1. The van der Waals surface area contributed by atoms with E-state index in [0.29, 0.717) is 11.8 Å². The summed E-state index contributed by atoms with van der Waals surface area (Å²) in [7, 11) is 2.22. The van der Waals surface area contributed by atoms with Gasteiger partial charge in [-0.15, -0.1) is 0 Å². The van der Waals surface area contributed by atoms with Crippen LogP contribution in [-0.4, -0.2) is 54.9 Å². The van der Waals surface area contributed by atoms with Crippen LogP contribution in [0.25, 0.3) is 0 Å². The highest BCUT2D eigenvalue weighted by atomic mass is 16.1. The van der Waals surface area contributed by atoms with Crippen molar-refractivity contribution >= 4 is 5.78 Å². The van der Waals surface area contributed by atoms with E-state index in [9.17, 15) is 4.79 Å². The summed E-state index contributed by atoms with van der Waals surface area (Å²) in [5.74, 6) is 0.327. The monoisotopic (exact) mass is 240 g/mol. The molecule has 0 aromatic heterocycles. The Morgan fingerprint density at radius 1 is 1.29 bits per heavy atom. The van der Waals surface area contributed by atoms with Gasteiger partial charge in [-0.25, -0.2) is 0 Å². The number of unbranched alkanes of at least 4 members (excludes halogenated alkanes) is 1. The second-order valence-electron chi connectivity index (χ2n) is 5.37. The summed E-state index contributed by atoms with van der Waals surface area (Å²) >= 11 is 0. The van der Waals surface area contributed by atoms with E-state index in [1.807, 2.05) is 0 Å². The standard InChI is InChI=1S/C14H28N2O/c1-4-14-12-15(3)9-7-11-16(14)10-6-5-8-13(2)17/h14H,4-12H2,1-3H3. The molecule has 1 aliphatic heterocycles. The molecule has 17 heavy (non-hydrogen) atoms. The minimum Gasteiger partial charge on any atom is -0.305 e. The molecule has 0 aliphatic carbocycles. The fraction of sp³-hybridized carbons (Fsp3) is 0.929. The lowest BCUT2D eigenvalue weighted by atomic mass is 10.1. The van der Waals surface area contributed by atoms with Crippen molar-refractivity contribution in [1.29, 1.82) is 0 Å². The van der Waals surface area contributed by atoms with Gasteiger partial charge in [-0.2, -0.15) is 0 Å². The van der Waals surface area contributed by atoms with Crippen molar-refractivity contribution in [1.82, 2.24) is 9.80 Å². The highest BCUT2D eigenvalue weighted by molar-refractivity contribution is 5.75. The number of rotatable bonds is 6. The molecule has 1 atom stereocenters. The first-order chi connectivity index (χ1) is 8.13. The van der Waals surface area contributed by atoms with Crippen molar-refractivity contribution in [2.45, 2.75) is 52.0 Å². The highest BCUT2D eigenvalue weighted by Gasteiger charge is 2.21. The topological polar surface area (TPSA) is 23.6 Å². The zero-order chi connectivity index (χ0) is 12.7. The van der Waals surface area contributed by atoms with Gasteiger partial charge in [0.2, 0.25) is 0 Å². The van der Waals surface area contributed by atoms with Crippen LogP contribution in [0.4, 0.5) is 0 Å². The minimum atomic E-state index is 0.327. The minimum absolute atomic E-state index is 0.327. The Balaban J connectivity index is 2.30. The van der Waals surface area contributed by atoms with E-state index < -0.39 is 0 Å². The first kappa shape index (κ1) is 14.7. The smallest absolute Gasteiger partial charge is 0.129 e. The third kappa shape index (κ3) is 5.64. The maximum atomic E-state index is 10.9. The van der Waals surface area contributed by atoms with E-state index in [4.69, 9.17) is 0 Å². The lowest BCUT2D eigenvalue weighted by Crippen LogP contribution is -2.40. The van der Waals surface area contributed by atoms with Crippen LogP contribution in [0.15, 0.2) is 0 Å². The largest absolute Gasteiger partial charge is 0.305 e. The molecule has 0 bridgehead atoms. The van der Waals surface area contributed by atoms with Crippen LogP contribution in [0.1, 0.15) is 46.0 Å². The zero-order valence-corrected chi connectivity index (χ0v) is 11.7. The number of hydrogen-bond acceptors (Lipinski definition) is 3. The summed E-state index contributed by atoms with van der Waals surface area (Å²) in [5.41, 5.74) is 0. The third-order valence-corrected chi connectivity index (χ3v) is 3.72. The maximum Gasteiger partial charge on any atom is 0.129 e. The summed E-state index contributed by atoms with van der Waals surface area (Å²) in [6.07, 6.45) is 5.49. The zero-order valence-electron chi connectivity index (χ0n) is 11.7. The molecule has 3 nitrogen and oxygen atoms in total. The molecule has 0 saturated carbocycles. The van der Waals surface area contributed by atoms with Crippen LogP contribution in [0, 0.1) is 0 Å². The van der Waals surface area contributed by atoms with Crippen LogP contribution in [0.3, 0.4) is 0 Å². The summed E-state index contributed by atoms with van der Waals surface area (Å²) in [6, 6.07) is 0.708. The van der Waals surface area contributed by atoms with Gasteiger partial charge in [-0.1, -0.05) is 6.92 Å². The Bertz CT molecular complexity index is 230. The molecule has 1 saturated heterocycles. The summed E-state index contributed by atoms with van der Waals surface area (Å²) in [4.78, 5) is 16.0. The summed E-state index contributed by atoms with van der Waals surface area (Å²) in [6.45, 7) is 8.79. The Morgan fingerprint density at radius 3 is 2.71 bits per heavy atom. The molecule has 1 unspecified atom stereocenters. The highest BCUT2D eigenvalue weighted by Crippen LogP contribution is 2.13. The molecule has 1 rings (SSSR count). The molecule has 0 aromatic carbocycles. The molecule has 0 N–H and O–H groups in total. The molecular weight excluding hydrogens is 212 g/mol. The SMILES string of the molecule is CCC1CN(C)CCCN1CCCCC(C)=O. The Morgan fingerprint density at radius 2 is 2.06 bits per heavy atom. The molecule has 1 fully saturated rings. The molecule has 1 heterocycles. The van der Waals surface area contributed by atoms with Crippen LogP contribution in [-0.2, 0) is 4.79 Å². The van der Waals surface area contributed by atoms with Crippen molar-refractivity contribution in [2.75, 3.05) is 33.2 Å². The van der Waals surface area contributed by atoms with Crippen LogP contribution in [0.2, 0.25) is 0 Å². The number of ketones is 1. The van der Waals surface area contributed by atoms with Crippen molar-refractivity contribution in [3.05, 3.63) is 0 Å². The van der Waals surface area contributed by atoms with Crippen molar-refractivity contribution in [2.24, 2.45) is 0 Å². The van der Waals surface area contributed by atoms with Gasteiger partial charge in [0.1, 0.15) is 5.78 Å². The van der Waals surface area contributed by atoms with Gasteiger partial charge in [0.05, 0.1) is 0 Å². The number of carbonyl (C=O) groups excluding carboxylic acids is 1. The maximum absolute atomic E-state index is 10.9. The number of likely N-dealkylation sites (N-methyl/N-ethyl adjacent to an activating group) is 1. The van der Waals surface area contributed by atoms with Gasteiger partial charge in [-0.05, 0) is 59.3 Å². The van der Waals surface area contributed by atoms with Gasteiger partial charge < -0.3 is 9.69 Å². The van der Waals surface area contributed by atoms with Crippen molar-refractivity contribution in [3.63, 3.8) is 0 Å². The lowest BCUT2D eigenvalue weighted by molar-refractivity contribution is -0.117. The summed E-state index contributed by atoms with van der Waals surface area (Å²) in [5, 5.41) is 0. The molecule has 100 valence electrons. The molecule has 0 radical (unpaired) electrons.